The molecule has 1 aliphatic heterocycles. The van der Waals surface area contributed by atoms with Crippen LogP contribution < -0.4 is 20.1 Å². The Labute approximate surface area is 174 Å². The molecule has 2 aromatic rings. The molecule has 1 atom stereocenters. The van der Waals surface area contributed by atoms with Gasteiger partial charge in [-0.3, -0.25) is 15.0 Å². The molecule has 0 saturated carbocycles. The Kier molecular flexibility index (Phi) is 6.06. The molecule has 1 unspecified atom stereocenters. The third-order valence-electron chi connectivity index (χ3n) is 4.56. The van der Waals surface area contributed by atoms with Gasteiger partial charge in [0.1, 0.15) is 11.3 Å². The second-order valence-corrected chi connectivity index (χ2v) is 6.87. The molecule has 1 aliphatic rings. The minimum atomic E-state index is -0.863. The average Bonchev–Trinajstić information content (AvgIpc) is 3.02. The summed E-state index contributed by atoms with van der Waals surface area (Å²) in [5.41, 5.74) is 4.40. The lowest BCUT2D eigenvalue weighted by Gasteiger charge is -2.18. The fraction of sp³-hybridized carbons (Fsp3) is 0.227. The number of amides is 2. The maximum absolute atomic E-state index is 12.8. The van der Waals surface area contributed by atoms with Crippen molar-refractivity contribution in [1.29, 1.82) is 0 Å². The van der Waals surface area contributed by atoms with Gasteiger partial charge >= 0.3 is 5.97 Å². The van der Waals surface area contributed by atoms with Gasteiger partial charge in [0.25, 0.3) is 11.8 Å². The van der Waals surface area contributed by atoms with Crippen molar-refractivity contribution in [1.82, 2.24) is 5.43 Å². The zero-order valence-electron chi connectivity index (χ0n) is 17.2. The van der Waals surface area contributed by atoms with Crippen molar-refractivity contribution >= 4 is 35.2 Å². The monoisotopic (exact) mass is 409 g/mol. The quantitative estimate of drug-likeness (QED) is 0.447. The summed E-state index contributed by atoms with van der Waals surface area (Å²) in [6.45, 7) is 1.57. The van der Waals surface area contributed by atoms with Crippen LogP contribution in [-0.2, 0) is 19.1 Å². The second kappa shape index (κ2) is 8.69. The molecule has 1 N–H and O–H groups in total. The molecule has 3 rings (SSSR count). The van der Waals surface area contributed by atoms with Crippen molar-refractivity contribution in [2.24, 2.45) is 0 Å². The SMILES string of the molecule is COC(=O)C(C)Oc1cc(N(C)C)ccc1C=C1C(=O)NN(c2ccccc2)C1=O. The van der Waals surface area contributed by atoms with E-state index in [0.29, 0.717) is 17.0 Å². The number of carbonyl (C=O) groups excluding carboxylic acids is 3. The Balaban J connectivity index is 1.98. The van der Waals surface area contributed by atoms with Crippen LogP contribution in [-0.4, -0.2) is 45.1 Å². The Hall–Kier alpha value is -3.81. The fourth-order valence-corrected chi connectivity index (χ4v) is 2.90. The number of benzene rings is 2. The summed E-state index contributed by atoms with van der Waals surface area (Å²) >= 11 is 0. The molecule has 2 aromatic carbocycles. The number of esters is 1. The van der Waals surface area contributed by atoms with E-state index in [-0.39, 0.29) is 5.57 Å². The predicted octanol–water partition coefficient (Wildman–Crippen LogP) is 2.15. The van der Waals surface area contributed by atoms with E-state index in [4.69, 9.17) is 9.47 Å². The minimum absolute atomic E-state index is 0.0352. The van der Waals surface area contributed by atoms with Crippen molar-refractivity contribution in [3.8, 4) is 5.75 Å². The summed E-state index contributed by atoms with van der Waals surface area (Å²) in [6, 6.07) is 14.1. The number of hydrogen-bond donors (Lipinski definition) is 1. The van der Waals surface area contributed by atoms with E-state index >= 15 is 0 Å². The van der Waals surface area contributed by atoms with Gasteiger partial charge < -0.3 is 14.4 Å². The topological polar surface area (TPSA) is 88.2 Å². The smallest absolute Gasteiger partial charge is 0.346 e. The Bertz CT molecular complexity index is 1000. The highest BCUT2D eigenvalue weighted by molar-refractivity contribution is 6.31. The first-order valence-corrected chi connectivity index (χ1v) is 9.30. The number of nitrogens with one attached hydrogen (secondary N) is 1. The molecule has 0 aromatic heterocycles. The summed E-state index contributed by atoms with van der Waals surface area (Å²) < 4.78 is 10.5. The molecule has 0 bridgehead atoms. The van der Waals surface area contributed by atoms with Gasteiger partial charge in [-0.05, 0) is 37.3 Å². The van der Waals surface area contributed by atoms with Crippen molar-refractivity contribution in [3.05, 3.63) is 59.7 Å². The molecular formula is C22H23N3O5. The van der Waals surface area contributed by atoms with Crippen LogP contribution in [0.15, 0.2) is 54.1 Å². The van der Waals surface area contributed by atoms with Gasteiger partial charge in [-0.15, -0.1) is 0 Å². The van der Waals surface area contributed by atoms with Crippen LogP contribution in [0.1, 0.15) is 12.5 Å². The number of nitrogens with zero attached hydrogens (tertiary/aromatic N) is 2. The van der Waals surface area contributed by atoms with Gasteiger partial charge in [-0.1, -0.05) is 18.2 Å². The van der Waals surface area contributed by atoms with Gasteiger partial charge in [0.2, 0.25) is 0 Å². The predicted molar refractivity (Wildman–Crippen MR) is 113 cm³/mol. The summed E-state index contributed by atoms with van der Waals surface area (Å²) in [7, 11) is 5.01. The summed E-state index contributed by atoms with van der Waals surface area (Å²) in [5.74, 6) is -1.18. The highest BCUT2D eigenvalue weighted by Crippen LogP contribution is 2.30. The van der Waals surface area contributed by atoms with E-state index in [0.717, 1.165) is 5.69 Å². The largest absolute Gasteiger partial charge is 0.478 e. The van der Waals surface area contributed by atoms with Crippen molar-refractivity contribution in [2.75, 3.05) is 31.1 Å². The number of para-hydroxylation sites is 1. The molecule has 1 heterocycles. The lowest BCUT2D eigenvalue weighted by molar-refractivity contribution is -0.147. The van der Waals surface area contributed by atoms with Gasteiger partial charge in [0.15, 0.2) is 6.10 Å². The van der Waals surface area contributed by atoms with Crippen molar-refractivity contribution < 1.29 is 23.9 Å². The zero-order valence-corrected chi connectivity index (χ0v) is 17.2. The molecule has 30 heavy (non-hydrogen) atoms. The van der Waals surface area contributed by atoms with Gasteiger partial charge in [0, 0.05) is 31.4 Å². The van der Waals surface area contributed by atoms with Gasteiger partial charge in [-0.2, -0.15) is 0 Å². The molecular weight excluding hydrogens is 386 g/mol. The normalized spacial score (nSPS) is 15.7. The van der Waals surface area contributed by atoms with E-state index in [1.807, 2.05) is 31.1 Å². The molecule has 0 radical (unpaired) electrons. The number of hydrazine groups is 1. The number of ether oxygens (including phenoxy) is 2. The lowest BCUT2D eigenvalue weighted by Crippen LogP contribution is -2.35. The Morgan fingerprint density at radius 2 is 1.83 bits per heavy atom. The number of methoxy groups -OCH3 is 1. The number of carbonyl (C=O) groups is 3. The first-order valence-electron chi connectivity index (χ1n) is 9.30. The van der Waals surface area contributed by atoms with E-state index in [9.17, 15) is 14.4 Å². The maximum Gasteiger partial charge on any atom is 0.346 e. The maximum atomic E-state index is 12.8. The lowest BCUT2D eigenvalue weighted by atomic mass is 10.1. The average molecular weight is 409 g/mol. The molecule has 8 nitrogen and oxygen atoms in total. The molecule has 2 amide bonds. The van der Waals surface area contributed by atoms with E-state index < -0.39 is 23.9 Å². The van der Waals surface area contributed by atoms with Crippen LogP contribution >= 0.6 is 0 Å². The van der Waals surface area contributed by atoms with Gasteiger partial charge in [0.05, 0.1) is 12.8 Å². The minimum Gasteiger partial charge on any atom is -0.478 e. The zero-order chi connectivity index (χ0) is 21.8. The van der Waals surface area contributed by atoms with Gasteiger partial charge in [-0.25, -0.2) is 9.80 Å². The Morgan fingerprint density at radius 1 is 1.13 bits per heavy atom. The van der Waals surface area contributed by atoms with Crippen LogP contribution in [0.5, 0.6) is 5.75 Å². The first-order chi connectivity index (χ1) is 14.3. The fourth-order valence-electron chi connectivity index (χ4n) is 2.90. The highest BCUT2D eigenvalue weighted by Gasteiger charge is 2.34. The molecule has 8 heteroatoms. The molecule has 1 saturated heterocycles. The molecule has 0 aliphatic carbocycles. The number of anilines is 2. The third kappa shape index (κ3) is 4.27. The summed E-state index contributed by atoms with van der Waals surface area (Å²) in [5, 5.41) is 1.19. The summed E-state index contributed by atoms with van der Waals surface area (Å²) in [6.07, 6.45) is 0.595. The number of rotatable bonds is 6. The third-order valence-corrected chi connectivity index (χ3v) is 4.56. The van der Waals surface area contributed by atoms with E-state index in [1.165, 1.54) is 18.2 Å². The van der Waals surface area contributed by atoms with Crippen molar-refractivity contribution in [3.63, 3.8) is 0 Å². The van der Waals surface area contributed by atoms with E-state index in [1.54, 1.807) is 43.3 Å². The van der Waals surface area contributed by atoms with Crippen molar-refractivity contribution in [2.45, 2.75) is 13.0 Å². The highest BCUT2D eigenvalue weighted by atomic mass is 16.6. The van der Waals surface area contributed by atoms with E-state index in [2.05, 4.69) is 5.43 Å². The van der Waals surface area contributed by atoms with Crippen LogP contribution in [0.3, 0.4) is 0 Å². The Morgan fingerprint density at radius 3 is 2.47 bits per heavy atom. The van der Waals surface area contributed by atoms with Crippen LogP contribution in [0.25, 0.3) is 6.08 Å². The van der Waals surface area contributed by atoms with Crippen LogP contribution in [0, 0.1) is 0 Å². The van der Waals surface area contributed by atoms with Crippen LogP contribution in [0.4, 0.5) is 11.4 Å². The first kappa shape index (κ1) is 20.9. The molecule has 156 valence electrons. The van der Waals surface area contributed by atoms with Crippen LogP contribution in [0.2, 0.25) is 0 Å². The second-order valence-electron chi connectivity index (χ2n) is 6.87. The number of hydrogen-bond acceptors (Lipinski definition) is 6. The molecule has 0 spiro atoms. The standard InChI is InChI=1S/C22H23N3O5/c1-14(22(28)29-4)30-19-13-17(24(2)3)11-10-15(19)12-18-20(26)23-25(21(18)27)16-8-6-5-7-9-16/h5-14H,1-4H3,(H,23,26). The summed E-state index contributed by atoms with van der Waals surface area (Å²) in [4.78, 5) is 39.0. The molecule has 1 fully saturated rings.